The molecule has 0 aliphatic carbocycles. The zero-order valence-corrected chi connectivity index (χ0v) is 12.9. The van der Waals surface area contributed by atoms with Gasteiger partial charge in [0.15, 0.2) is 0 Å². The summed E-state index contributed by atoms with van der Waals surface area (Å²) in [6.07, 6.45) is 0. The van der Waals surface area contributed by atoms with Gasteiger partial charge in [-0.2, -0.15) is 5.26 Å². The molecule has 2 aromatic carbocycles. The molecule has 0 bridgehead atoms. The number of hydrogen-bond acceptors (Lipinski definition) is 4. The third-order valence-electron chi connectivity index (χ3n) is 3.37. The van der Waals surface area contributed by atoms with Crippen molar-refractivity contribution >= 4 is 5.91 Å². The number of nitrogens with zero attached hydrogens (tertiary/aromatic N) is 2. The Kier molecular flexibility index (Phi) is 5.73. The van der Waals surface area contributed by atoms with E-state index in [1.165, 1.54) is 4.90 Å². The molecule has 23 heavy (non-hydrogen) atoms. The summed E-state index contributed by atoms with van der Waals surface area (Å²) >= 11 is 0. The lowest BCUT2D eigenvalue weighted by molar-refractivity contribution is 0.0767. The van der Waals surface area contributed by atoms with Gasteiger partial charge in [-0.25, -0.2) is 0 Å². The van der Waals surface area contributed by atoms with Gasteiger partial charge in [-0.1, -0.05) is 12.1 Å². The summed E-state index contributed by atoms with van der Waals surface area (Å²) in [4.78, 5) is 13.5. The number of ether oxygens (including phenoxy) is 1. The normalized spacial score (nSPS) is 9.96. The van der Waals surface area contributed by atoms with Crippen LogP contribution in [0.25, 0.3) is 0 Å². The Bertz CT molecular complexity index is 688. The average Bonchev–Trinajstić information content (AvgIpc) is 2.60. The van der Waals surface area contributed by atoms with Crippen LogP contribution < -0.4 is 4.74 Å². The second kappa shape index (κ2) is 7.97. The Balaban J connectivity index is 1.94. The van der Waals surface area contributed by atoms with Crippen molar-refractivity contribution in [2.75, 3.05) is 20.2 Å². The van der Waals surface area contributed by atoms with Crippen LogP contribution >= 0.6 is 0 Å². The van der Waals surface area contributed by atoms with Gasteiger partial charge in [-0.15, -0.1) is 0 Å². The summed E-state index contributed by atoms with van der Waals surface area (Å²) in [7, 11) is 1.65. The molecule has 1 amide bonds. The minimum atomic E-state index is -0.141. The summed E-state index contributed by atoms with van der Waals surface area (Å²) < 4.78 is 5.66. The summed E-state index contributed by atoms with van der Waals surface area (Å²) in [5.41, 5.74) is 2.13. The van der Waals surface area contributed by atoms with Crippen molar-refractivity contribution in [1.29, 1.82) is 5.26 Å². The van der Waals surface area contributed by atoms with E-state index >= 15 is 0 Å². The van der Waals surface area contributed by atoms with Crippen molar-refractivity contribution in [3.05, 3.63) is 65.2 Å². The van der Waals surface area contributed by atoms with Crippen LogP contribution in [0.4, 0.5) is 0 Å². The molecule has 1 N–H and O–H groups in total. The molecule has 0 radical (unpaired) electrons. The summed E-state index contributed by atoms with van der Waals surface area (Å²) in [6.45, 7) is 0.632. The predicted octanol–water partition coefficient (Wildman–Crippen LogP) is 2.20. The molecule has 2 rings (SSSR count). The lowest BCUT2D eigenvalue weighted by Gasteiger charge is -2.15. The molecule has 5 heteroatoms. The third kappa shape index (κ3) is 4.56. The van der Waals surface area contributed by atoms with Gasteiger partial charge in [0.2, 0.25) is 0 Å². The summed E-state index contributed by atoms with van der Waals surface area (Å²) in [5.74, 6) is 0.522. The number of hydrogen-bond donors (Lipinski definition) is 1. The zero-order chi connectivity index (χ0) is 16.7. The second-order valence-electron chi connectivity index (χ2n) is 5.07. The van der Waals surface area contributed by atoms with Crippen LogP contribution in [0.3, 0.4) is 0 Å². The quantitative estimate of drug-likeness (QED) is 0.887. The van der Waals surface area contributed by atoms with E-state index in [-0.39, 0.29) is 12.5 Å². The molecule has 118 valence electrons. The Morgan fingerprint density at radius 1 is 1.17 bits per heavy atom. The number of aliphatic hydroxyl groups excluding tert-OH is 1. The molecule has 2 aromatic rings. The monoisotopic (exact) mass is 310 g/mol. The van der Waals surface area contributed by atoms with Crippen LogP contribution in [-0.2, 0) is 6.61 Å². The standard InChI is InChI=1S/C18H18N2O3/c1-20(10-11-21)18(22)16-6-8-17(9-7-16)23-13-15-4-2-14(12-19)3-5-15/h2-9,21H,10-11,13H2,1H3. The number of rotatable bonds is 6. The van der Waals surface area contributed by atoms with Crippen LogP contribution in [0.1, 0.15) is 21.5 Å². The minimum Gasteiger partial charge on any atom is -0.489 e. The number of nitriles is 1. The van der Waals surface area contributed by atoms with Crippen LogP contribution in [0.15, 0.2) is 48.5 Å². The van der Waals surface area contributed by atoms with E-state index < -0.39 is 0 Å². The minimum absolute atomic E-state index is 0.0615. The smallest absolute Gasteiger partial charge is 0.253 e. The van der Waals surface area contributed by atoms with Gasteiger partial charge >= 0.3 is 0 Å². The van der Waals surface area contributed by atoms with Crippen molar-refractivity contribution < 1.29 is 14.6 Å². The third-order valence-corrected chi connectivity index (χ3v) is 3.37. The molecule has 0 unspecified atom stereocenters. The van der Waals surface area contributed by atoms with Crippen molar-refractivity contribution in [3.63, 3.8) is 0 Å². The van der Waals surface area contributed by atoms with Crippen LogP contribution in [0, 0.1) is 11.3 Å². The van der Waals surface area contributed by atoms with Crippen LogP contribution in [0.5, 0.6) is 5.75 Å². The fraction of sp³-hybridized carbons (Fsp3) is 0.222. The fourth-order valence-corrected chi connectivity index (χ4v) is 2.01. The number of carbonyl (C=O) groups is 1. The maximum atomic E-state index is 12.0. The van der Waals surface area contributed by atoms with Crippen LogP contribution in [0.2, 0.25) is 0 Å². The first-order chi connectivity index (χ1) is 11.1. The van der Waals surface area contributed by atoms with Crippen LogP contribution in [-0.4, -0.2) is 36.1 Å². The lowest BCUT2D eigenvalue weighted by atomic mass is 10.1. The van der Waals surface area contributed by atoms with Crippen molar-refractivity contribution in [2.45, 2.75) is 6.61 Å². The number of likely N-dealkylation sites (N-methyl/N-ethyl adjacent to an activating group) is 1. The number of amides is 1. The van der Waals surface area contributed by atoms with Gasteiger partial charge in [0.05, 0.1) is 18.2 Å². The molecular formula is C18H18N2O3. The summed E-state index contributed by atoms with van der Waals surface area (Å²) in [5, 5.41) is 17.6. The van der Waals surface area contributed by atoms with Crippen molar-refractivity contribution in [1.82, 2.24) is 4.90 Å². The molecule has 0 fully saturated rings. The highest BCUT2D eigenvalue weighted by Crippen LogP contribution is 2.15. The maximum absolute atomic E-state index is 12.0. The van der Waals surface area contributed by atoms with E-state index in [0.717, 1.165) is 5.56 Å². The van der Waals surface area contributed by atoms with Crippen molar-refractivity contribution in [3.8, 4) is 11.8 Å². The number of carbonyl (C=O) groups excluding carboxylic acids is 1. The number of benzene rings is 2. The van der Waals surface area contributed by atoms with E-state index in [2.05, 4.69) is 6.07 Å². The Morgan fingerprint density at radius 3 is 2.39 bits per heavy atom. The van der Waals surface area contributed by atoms with E-state index in [0.29, 0.717) is 30.0 Å². The molecule has 0 aliphatic heterocycles. The predicted molar refractivity (Wildman–Crippen MR) is 86.0 cm³/mol. The highest BCUT2D eigenvalue weighted by atomic mass is 16.5. The van der Waals surface area contributed by atoms with E-state index in [4.69, 9.17) is 15.1 Å². The SMILES string of the molecule is CN(CCO)C(=O)c1ccc(OCc2ccc(C#N)cc2)cc1. The first kappa shape index (κ1) is 16.5. The average molecular weight is 310 g/mol. The van der Waals surface area contributed by atoms with E-state index in [1.54, 1.807) is 43.4 Å². The van der Waals surface area contributed by atoms with Gasteiger partial charge < -0.3 is 14.7 Å². The molecule has 0 spiro atoms. The first-order valence-corrected chi connectivity index (χ1v) is 7.22. The Hall–Kier alpha value is -2.84. The molecule has 0 heterocycles. The molecule has 0 saturated carbocycles. The van der Waals surface area contributed by atoms with Gasteiger partial charge in [-0.05, 0) is 42.0 Å². The number of aliphatic hydroxyl groups is 1. The molecule has 0 atom stereocenters. The molecular weight excluding hydrogens is 292 g/mol. The summed E-state index contributed by atoms with van der Waals surface area (Å²) in [6, 6.07) is 16.1. The van der Waals surface area contributed by atoms with Gasteiger partial charge in [0.1, 0.15) is 12.4 Å². The molecule has 0 aromatic heterocycles. The highest BCUT2D eigenvalue weighted by Gasteiger charge is 2.10. The van der Waals surface area contributed by atoms with E-state index in [1.807, 2.05) is 12.1 Å². The lowest BCUT2D eigenvalue weighted by Crippen LogP contribution is -2.29. The highest BCUT2D eigenvalue weighted by molar-refractivity contribution is 5.94. The van der Waals surface area contributed by atoms with Gasteiger partial charge in [-0.3, -0.25) is 4.79 Å². The van der Waals surface area contributed by atoms with Gasteiger partial charge in [0, 0.05) is 19.2 Å². The Morgan fingerprint density at radius 2 is 1.83 bits per heavy atom. The fourth-order valence-electron chi connectivity index (χ4n) is 2.01. The Labute approximate surface area is 135 Å². The largest absolute Gasteiger partial charge is 0.489 e. The van der Waals surface area contributed by atoms with E-state index in [9.17, 15) is 4.79 Å². The first-order valence-electron chi connectivity index (χ1n) is 7.22. The second-order valence-corrected chi connectivity index (χ2v) is 5.07. The molecule has 0 aliphatic rings. The van der Waals surface area contributed by atoms with Crippen molar-refractivity contribution in [2.24, 2.45) is 0 Å². The molecule has 5 nitrogen and oxygen atoms in total. The topological polar surface area (TPSA) is 73.6 Å². The zero-order valence-electron chi connectivity index (χ0n) is 12.9. The maximum Gasteiger partial charge on any atom is 0.253 e. The van der Waals surface area contributed by atoms with Gasteiger partial charge in [0.25, 0.3) is 5.91 Å². The molecule has 0 saturated heterocycles.